The number of allylic oxidation sites excluding steroid dienone is 1. The first-order valence-corrected chi connectivity index (χ1v) is 8.24. The second-order valence-electron chi connectivity index (χ2n) is 5.16. The van der Waals surface area contributed by atoms with Crippen molar-refractivity contribution in [1.82, 2.24) is 0 Å². The number of terminal acetylenes is 1. The Bertz CT molecular complexity index is 493. The van der Waals surface area contributed by atoms with E-state index in [0.717, 1.165) is 12.8 Å². The average molecular weight is 371 g/mol. The quantitative estimate of drug-likeness (QED) is 0.161. The first-order valence-electron chi connectivity index (χ1n) is 7.01. The van der Waals surface area contributed by atoms with Crippen LogP contribution in [0.4, 0.5) is 0 Å². The largest absolute Gasteiger partial charge is 0.627 e. The van der Waals surface area contributed by atoms with Gasteiger partial charge in [-0.25, -0.2) is 0 Å². The summed E-state index contributed by atoms with van der Waals surface area (Å²) < 4.78 is 0.0866. The van der Waals surface area contributed by atoms with Crippen LogP contribution in [-0.4, -0.2) is 23.6 Å². The van der Waals surface area contributed by atoms with Crippen molar-refractivity contribution in [3.63, 3.8) is 0 Å². The summed E-state index contributed by atoms with van der Waals surface area (Å²) in [6.45, 7) is 0.448. The third-order valence-electron chi connectivity index (χ3n) is 3.23. The summed E-state index contributed by atoms with van der Waals surface area (Å²) in [5, 5.41) is 12.2. The van der Waals surface area contributed by atoms with Gasteiger partial charge in [0.05, 0.1) is 19.0 Å². The van der Waals surface area contributed by atoms with Gasteiger partial charge in [0.25, 0.3) is 0 Å². The van der Waals surface area contributed by atoms with E-state index in [9.17, 15) is 5.21 Å². The van der Waals surface area contributed by atoms with E-state index in [1.165, 1.54) is 5.56 Å². The minimum absolute atomic E-state index is 0.168. The third kappa shape index (κ3) is 7.15. The maximum Gasteiger partial charge on any atom is 0.172 e. The van der Waals surface area contributed by atoms with Crippen molar-refractivity contribution >= 4 is 27.5 Å². The van der Waals surface area contributed by atoms with Gasteiger partial charge in [-0.2, -0.15) is 0 Å². The van der Waals surface area contributed by atoms with E-state index in [1.54, 1.807) is 13.1 Å². The summed E-state index contributed by atoms with van der Waals surface area (Å²) in [4.78, 5) is 0. The smallest absolute Gasteiger partial charge is 0.172 e. The number of unbranched alkanes of at least 4 members (excludes halogenated alkanes) is 1. The third-order valence-corrected chi connectivity index (χ3v) is 4.59. The molecule has 4 heteroatoms. The number of hydrogen-bond donors (Lipinski definition) is 0. The average Bonchev–Trinajstić information content (AvgIpc) is 2.46. The number of quaternary nitrogens is 1. The molecule has 0 saturated carbocycles. The first kappa shape index (κ1) is 18.3. The van der Waals surface area contributed by atoms with Gasteiger partial charge in [-0.1, -0.05) is 30.3 Å². The lowest BCUT2D eigenvalue weighted by Crippen LogP contribution is -2.35. The Morgan fingerprint density at radius 2 is 2.14 bits per heavy atom. The fourth-order valence-corrected chi connectivity index (χ4v) is 2.81. The summed E-state index contributed by atoms with van der Waals surface area (Å²) in [5.74, 6) is 2.55. The summed E-state index contributed by atoms with van der Waals surface area (Å²) in [6, 6.07) is 10.2. The zero-order chi connectivity index (χ0) is 15.7. The molecule has 2 atom stereocenters. The maximum atomic E-state index is 12.4. The molecule has 21 heavy (non-hydrogen) atoms. The number of nitrogens with zero attached hydrogens (tertiary/aromatic N) is 1. The molecule has 114 valence electrons. The lowest BCUT2D eigenvalue weighted by molar-refractivity contribution is -0.812. The zero-order valence-electron chi connectivity index (χ0n) is 12.3. The van der Waals surface area contributed by atoms with Crippen molar-refractivity contribution in [1.29, 1.82) is 0 Å². The highest BCUT2D eigenvalue weighted by Crippen LogP contribution is 2.23. The van der Waals surface area contributed by atoms with Crippen molar-refractivity contribution in [3.8, 4) is 12.3 Å². The molecule has 0 saturated heterocycles. The van der Waals surface area contributed by atoms with Crippen molar-refractivity contribution in [3.05, 3.63) is 51.8 Å². The maximum absolute atomic E-state index is 12.4. The number of halogens is 2. The number of alkyl halides is 1. The fraction of sp³-hybridized carbons (Fsp3) is 0.412. The van der Waals surface area contributed by atoms with Gasteiger partial charge in [0.1, 0.15) is 0 Å². The summed E-state index contributed by atoms with van der Waals surface area (Å²) in [7, 11) is 1.61. The van der Waals surface area contributed by atoms with Gasteiger partial charge in [0.15, 0.2) is 4.61 Å². The van der Waals surface area contributed by atoms with Crippen molar-refractivity contribution in [2.75, 3.05) is 13.6 Å². The Balaban J connectivity index is 2.50. The van der Waals surface area contributed by atoms with Gasteiger partial charge in [0.2, 0.25) is 0 Å². The summed E-state index contributed by atoms with van der Waals surface area (Å²) in [6.07, 6.45) is 10.0. The molecule has 1 rings (SSSR count). The molecule has 0 aliphatic rings. The number of hydrogen-bond acceptors (Lipinski definition) is 1. The Hall–Kier alpha value is -0.790. The van der Waals surface area contributed by atoms with Gasteiger partial charge in [-0.05, 0) is 18.4 Å². The lowest BCUT2D eigenvalue weighted by atomic mass is 10.1. The van der Waals surface area contributed by atoms with Gasteiger partial charge < -0.3 is 9.85 Å². The van der Waals surface area contributed by atoms with Gasteiger partial charge in [0, 0.05) is 34.8 Å². The molecule has 1 aromatic carbocycles. The molecule has 0 fully saturated rings. The highest BCUT2D eigenvalue weighted by molar-refractivity contribution is 9.11. The molecule has 0 amide bonds. The second-order valence-corrected chi connectivity index (χ2v) is 6.53. The van der Waals surface area contributed by atoms with E-state index in [-0.39, 0.29) is 5.38 Å². The fourth-order valence-electron chi connectivity index (χ4n) is 1.93. The predicted octanol–water partition coefficient (Wildman–Crippen LogP) is 4.82. The van der Waals surface area contributed by atoms with Gasteiger partial charge >= 0.3 is 0 Å². The SMILES string of the molecule is C#CCCC[N+](C)([O-])C(Br)=CC(Cl)CCc1ccccc1. The number of benzene rings is 1. The summed E-state index contributed by atoms with van der Waals surface area (Å²) in [5.41, 5.74) is 1.25. The van der Waals surface area contributed by atoms with Crippen LogP contribution in [0.3, 0.4) is 0 Å². The molecule has 0 N–H and O–H groups in total. The normalized spacial score (nSPS) is 16.0. The van der Waals surface area contributed by atoms with Crippen LogP contribution < -0.4 is 0 Å². The van der Waals surface area contributed by atoms with E-state index in [4.69, 9.17) is 18.0 Å². The molecule has 0 heterocycles. The van der Waals surface area contributed by atoms with Crippen molar-refractivity contribution in [2.24, 2.45) is 0 Å². The highest BCUT2D eigenvalue weighted by atomic mass is 79.9. The number of hydroxylamine groups is 3. The molecule has 1 aromatic rings. The Kier molecular flexibility index (Phi) is 8.06. The van der Waals surface area contributed by atoms with Crippen LogP contribution in [0.1, 0.15) is 24.8 Å². The monoisotopic (exact) mass is 369 g/mol. The van der Waals surface area contributed by atoms with Gasteiger partial charge in [-0.15, -0.1) is 23.9 Å². The summed E-state index contributed by atoms with van der Waals surface area (Å²) >= 11 is 9.67. The number of rotatable bonds is 8. The standard InChI is InChI=1S/C17H21BrClNO/c1-3-4-8-13-20(2,21)17(18)14-16(19)12-11-15-9-6-5-7-10-15/h1,5-7,9-10,14,16H,4,8,11-13H2,2H3. The zero-order valence-corrected chi connectivity index (χ0v) is 14.6. The van der Waals surface area contributed by atoms with E-state index in [2.05, 4.69) is 34.0 Å². The van der Waals surface area contributed by atoms with Gasteiger partial charge in [-0.3, -0.25) is 0 Å². The molecule has 0 aliphatic heterocycles. The van der Waals surface area contributed by atoms with E-state index < -0.39 is 4.65 Å². The molecule has 0 aliphatic carbocycles. The lowest BCUT2D eigenvalue weighted by Gasteiger charge is -2.37. The van der Waals surface area contributed by atoms with Crippen LogP contribution in [0.25, 0.3) is 0 Å². The minimum atomic E-state index is -0.476. The van der Waals surface area contributed by atoms with Crippen molar-refractivity contribution < 1.29 is 4.65 Å². The molecule has 0 radical (unpaired) electrons. The Morgan fingerprint density at radius 1 is 1.48 bits per heavy atom. The Morgan fingerprint density at radius 3 is 2.76 bits per heavy atom. The molecular weight excluding hydrogens is 350 g/mol. The van der Waals surface area contributed by atoms with Crippen LogP contribution in [0.2, 0.25) is 0 Å². The molecule has 2 nitrogen and oxygen atoms in total. The molecule has 2 unspecified atom stereocenters. The van der Waals surface area contributed by atoms with Crippen molar-refractivity contribution in [2.45, 2.75) is 31.1 Å². The second kappa shape index (κ2) is 9.27. The van der Waals surface area contributed by atoms with Crippen LogP contribution in [0, 0.1) is 17.6 Å². The van der Waals surface area contributed by atoms with E-state index in [1.807, 2.05) is 18.2 Å². The minimum Gasteiger partial charge on any atom is -0.627 e. The van der Waals surface area contributed by atoms with Crippen LogP contribution in [0.15, 0.2) is 41.0 Å². The van der Waals surface area contributed by atoms with E-state index in [0.29, 0.717) is 24.0 Å². The molecule has 0 spiro atoms. The van der Waals surface area contributed by atoms with Crippen LogP contribution in [0.5, 0.6) is 0 Å². The Labute approximate surface area is 141 Å². The topological polar surface area (TPSA) is 23.1 Å². The molecule has 0 bridgehead atoms. The first-order chi connectivity index (χ1) is 9.95. The predicted molar refractivity (Wildman–Crippen MR) is 93.9 cm³/mol. The molecular formula is C17H21BrClNO. The molecule has 0 aromatic heterocycles. The highest BCUT2D eigenvalue weighted by Gasteiger charge is 2.16. The van der Waals surface area contributed by atoms with Crippen LogP contribution in [-0.2, 0) is 6.42 Å². The van der Waals surface area contributed by atoms with E-state index >= 15 is 0 Å². The van der Waals surface area contributed by atoms with Crippen LogP contribution >= 0.6 is 27.5 Å². The number of aryl methyl sites for hydroxylation is 1.